The topological polar surface area (TPSA) is 59.8 Å². The van der Waals surface area contributed by atoms with E-state index in [4.69, 9.17) is 0 Å². The van der Waals surface area contributed by atoms with Crippen LogP contribution < -0.4 is 5.32 Å². The second-order valence-electron chi connectivity index (χ2n) is 5.35. The van der Waals surface area contributed by atoms with Crippen LogP contribution in [0.5, 0.6) is 0 Å². The van der Waals surface area contributed by atoms with Gasteiger partial charge in [-0.15, -0.1) is 11.3 Å². The molecule has 3 aromatic rings. The Bertz CT molecular complexity index is 813. The molecule has 1 unspecified atom stereocenters. The lowest BCUT2D eigenvalue weighted by Gasteiger charge is -2.19. The number of benzene rings is 1. The van der Waals surface area contributed by atoms with Crippen LogP contribution in [0.4, 0.5) is 0 Å². The fourth-order valence-electron chi connectivity index (χ4n) is 2.33. The predicted molar refractivity (Wildman–Crippen MR) is 97.2 cm³/mol. The number of imidazole rings is 1. The van der Waals surface area contributed by atoms with Gasteiger partial charge in [-0.25, -0.2) is 9.97 Å². The summed E-state index contributed by atoms with van der Waals surface area (Å²) >= 11 is 3.02. The zero-order valence-corrected chi connectivity index (χ0v) is 15.1. The maximum atomic E-state index is 12.4. The van der Waals surface area contributed by atoms with Crippen molar-refractivity contribution < 1.29 is 4.79 Å². The molecule has 0 aliphatic heterocycles. The molecule has 0 radical (unpaired) electrons. The minimum atomic E-state index is -0.266. The zero-order chi connectivity index (χ0) is 16.9. The number of thioether (sulfide) groups is 1. The molecule has 0 spiro atoms. The van der Waals surface area contributed by atoms with Gasteiger partial charge in [0.1, 0.15) is 11.9 Å². The number of carbonyl (C=O) groups excluding carboxylic acids is 1. The molecule has 1 N–H and O–H groups in total. The summed E-state index contributed by atoms with van der Waals surface area (Å²) in [5, 5.41) is 5.07. The maximum absolute atomic E-state index is 12.4. The Hall–Kier alpha value is -2.12. The van der Waals surface area contributed by atoms with E-state index < -0.39 is 0 Å². The third-order valence-electron chi connectivity index (χ3n) is 3.48. The zero-order valence-electron chi connectivity index (χ0n) is 13.5. The number of nitrogens with one attached hydrogen (secondary N) is 1. The number of hydrogen-bond acceptors (Lipinski definition) is 5. The van der Waals surface area contributed by atoms with Crippen LogP contribution in [0, 0.1) is 6.92 Å². The lowest BCUT2D eigenvalue weighted by Crippen LogP contribution is -2.32. The molecule has 0 aliphatic carbocycles. The molecule has 124 valence electrons. The van der Waals surface area contributed by atoms with Gasteiger partial charge in [-0.3, -0.25) is 4.79 Å². The van der Waals surface area contributed by atoms with E-state index in [9.17, 15) is 4.79 Å². The first kappa shape index (κ1) is 16.7. The summed E-state index contributed by atoms with van der Waals surface area (Å²) in [7, 11) is 1.93. The Balaban J connectivity index is 1.72. The van der Waals surface area contributed by atoms with E-state index in [2.05, 4.69) is 15.3 Å². The van der Waals surface area contributed by atoms with Crippen molar-refractivity contribution in [3.05, 3.63) is 65.2 Å². The van der Waals surface area contributed by atoms with Crippen LogP contribution in [0.15, 0.2) is 52.4 Å². The quantitative estimate of drug-likeness (QED) is 0.688. The number of carbonyl (C=O) groups is 1. The van der Waals surface area contributed by atoms with Crippen molar-refractivity contribution in [2.75, 3.05) is 5.75 Å². The molecule has 3 rings (SSSR count). The van der Waals surface area contributed by atoms with Crippen molar-refractivity contribution in [1.82, 2.24) is 19.9 Å². The Labute approximate surface area is 149 Å². The maximum Gasteiger partial charge on any atom is 0.231 e. The van der Waals surface area contributed by atoms with Crippen LogP contribution in [0.2, 0.25) is 0 Å². The molecule has 1 atom stereocenters. The second kappa shape index (κ2) is 7.63. The molecule has 0 fully saturated rings. The van der Waals surface area contributed by atoms with E-state index in [0.29, 0.717) is 5.75 Å². The molecule has 0 saturated heterocycles. The summed E-state index contributed by atoms with van der Waals surface area (Å²) in [5.41, 5.74) is 1.99. The minimum Gasteiger partial charge on any atom is -0.341 e. The number of nitrogens with zero attached hydrogens (tertiary/aromatic N) is 3. The summed E-state index contributed by atoms with van der Waals surface area (Å²) in [6, 6.07) is 9.61. The van der Waals surface area contributed by atoms with Crippen molar-refractivity contribution in [3.63, 3.8) is 0 Å². The van der Waals surface area contributed by atoms with Crippen molar-refractivity contribution in [3.8, 4) is 0 Å². The lowest BCUT2D eigenvalue weighted by molar-refractivity contribution is -0.119. The first-order valence-corrected chi connectivity index (χ1v) is 9.36. The molecular formula is C17H18N4OS2. The molecule has 0 saturated carbocycles. The van der Waals surface area contributed by atoms with E-state index in [1.807, 2.05) is 60.4 Å². The Morgan fingerprint density at radius 3 is 2.79 bits per heavy atom. The molecule has 7 heteroatoms. The highest BCUT2D eigenvalue weighted by Crippen LogP contribution is 2.24. The SMILES string of the molecule is Cc1csc(SCC(=O)NC(c2ccccc2)c2nccn2C)n1. The first-order valence-electron chi connectivity index (χ1n) is 7.50. The smallest absolute Gasteiger partial charge is 0.231 e. The van der Waals surface area contributed by atoms with Gasteiger partial charge in [0.25, 0.3) is 0 Å². The van der Waals surface area contributed by atoms with E-state index >= 15 is 0 Å². The van der Waals surface area contributed by atoms with Gasteiger partial charge in [-0.05, 0) is 12.5 Å². The molecule has 1 amide bonds. The van der Waals surface area contributed by atoms with Gasteiger partial charge in [-0.2, -0.15) is 0 Å². The second-order valence-corrected chi connectivity index (χ2v) is 7.43. The van der Waals surface area contributed by atoms with E-state index in [0.717, 1.165) is 21.4 Å². The van der Waals surface area contributed by atoms with Crippen LogP contribution in [-0.2, 0) is 11.8 Å². The van der Waals surface area contributed by atoms with Gasteiger partial charge >= 0.3 is 0 Å². The molecule has 0 bridgehead atoms. The Morgan fingerprint density at radius 1 is 1.38 bits per heavy atom. The van der Waals surface area contributed by atoms with Crippen LogP contribution >= 0.6 is 23.1 Å². The highest BCUT2D eigenvalue weighted by molar-refractivity contribution is 8.01. The Morgan fingerprint density at radius 2 is 2.17 bits per heavy atom. The molecule has 5 nitrogen and oxygen atoms in total. The fourth-order valence-corrected chi connectivity index (χ4v) is 3.99. The summed E-state index contributed by atoms with van der Waals surface area (Å²) in [6.07, 6.45) is 3.62. The van der Waals surface area contributed by atoms with Crippen LogP contribution in [0.3, 0.4) is 0 Å². The summed E-state index contributed by atoms with van der Waals surface area (Å²) in [6.45, 7) is 1.95. The first-order chi connectivity index (χ1) is 11.6. The van der Waals surface area contributed by atoms with E-state index in [1.54, 1.807) is 17.5 Å². The molecular weight excluding hydrogens is 340 g/mol. The lowest BCUT2D eigenvalue weighted by atomic mass is 10.1. The molecule has 24 heavy (non-hydrogen) atoms. The van der Waals surface area contributed by atoms with Gasteiger partial charge in [0.15, 0.2) is 4.34 Å². The number of amides is 1. The number of thiazole rings is 1. The third kappa shape index (κ3) is 4.04. The molecule has 2 heterocycles. The largest absolute Gasteiger partial charge is 0.341 e. The number of aryl methyl sites for hydroxylation is 2. The van der Waals surface area contributed by atoms with Crippen LogP contribution in [0.25, 0.3) is 0 Å². The summed E-state index contributed by atoms with van der Waals surface area (Å²) in [4.78, 5) is 21.2. The number of aromatic nitrogens is 3. The van der Waals surface area contributed by atoms with Crippen molar-refractivity contribution >= 4 is 29.0 Å². The highest BCUT2D eigenvalue weighted by Gasteiger charge is 2.20. The van der Waals surface area contributed by atoms with Crippen LogP contribution in [0.1, 0.15) is 23.1 Å². The highest BCUT2D eigenvalue weighted by atomic mass is 32.2. The van der Waals surface area contributed by atoms with Crippen molar-refractivity contribution in [2.45, 2.75) is 17.3 Å². The van der Waals surface area contributed by atoms with Gasteiger partial charge < -0.3 is 9.88 Å². The van der Waals surface area contributed by atoms with Crippen LogP contribution in [-0.4, -0.2) is 26.2 Å². The van der Waals surface area contributed by atoms with Crippen molar-refractivity contribution in [2.24, 2.45) is 7.05 Å². The normalized spacial score (nSPS) is 12.1. The standard InChI is InChI=1S/C17H18N4OS2/c1-12-10-23-17(19-12)24-11-14(22)20-15(13-6-4-3-5-7-13)16-18-8-9-21(16)2/h3-10,15H,11H2,1-2H3,(H,20,22). The van der Waals surface area contributed by atoms with Gasteiger partial charge in [0, 0.05) is 30.5 Å². The Kier molecular flexibility index (Phi) is 5.32. The molecule has 1 aromatic carbocycles. The van der Waals surface area contributed by atoms with E-state index in [1.165, 1.54) is 11.8 Å². The monoisotopic (exact) mass is 358 g/mol. The van der Waals surface area contributed by atoms with Gasteiger partial charge in [-0.1, -0.05) is 42.1 Å². The average Bonchev–Trinajstić information content (AvgIpc) is 3.20. The van der Waals surface area contributed by atoms with Crippen molar-refractivity contribution in [1.29, 1.82) is 0 Å². The van der Waals surface area contributed by atoms with E-state index in [-0.39, 0.29) is 11.9 Å². The molecule has 0 aliphatic rings. The number of rotatable bonds is 6. The van der Waals surface area contributed by atoms with Gasteiger partial charge in [0.2, 0.25) is 5.91 Å². The molecule has 2 aromatic heterocycles. The summed E-state index contributed by atoms with van der Waals surface area (Å²) in [5.74, 6) is 1.11. The number of hydrogen-bond donors (Lipinski definition) is 1. The third-order valence-corrected chi connectivity index (χ3v) is 5.62. The summed E-state index contributed by atoms with van der Waals surface area (Å²) < 4.78 is 2.84. The fraction of sp³-hybridized carbons (Fsp3) is 0.235. The minimum absolute atomic E-state index is 0.0373. The average molecular weight is 358 g/mol. The van der Waals surface area contributed by atoms with Gasteiger partial charge in [0.05, 0.1) is 5.75 Å². The predicted octanol–water partition coefficient (Wildman–Crippen LogP) is 3.18.